The second kappa shape index (κ2) is 5.53. The molecule has 2 rings (SSSR count). The van der Waals surface area contributed by atoms with E-state index in [9.17, 15) is 9.59 Å². The average molecular weight is 248 g/mol. The second-order valence-electron chi connectivity index (χ2n) is 3.99. The number of anilines is 1. The Balaban J connectivity index is 1.93. The third-order valence-electron chi connectivity index (χ3n) is 2.82. The first-order valence-electron chi connectivity index (χ1n) is 6.01. The lowest BCUT2D eigenvalue weighted by Crippen LogP contribution is -2.41. The van der Waals surface area contributed by atoms with Gasteiger partial charge in [-0.1, -0.05) is 18.2 Å². The summed E-state index contributed by atoms with van der Waals surface area (Å²) in [5, 5.41) is 2.56. The molecule has 1 aliphatic heterocycles. The number of carbonyl (C=O) groups is 2. The van der Waals surface area contributed by atoms with E-state index in [4.69, 9.17) is 4.74 Å². The molecule has 5 heteroatoms. The van der Waals surface area contributed by atoms with E-state index in [2.05, 4.69) is 5.32 Å². The molecule has 0 saturated heterocycles. The summed E-state index contributed by atoms with van der Waals surface area (Å²) >= 11 is 0. The van der Waals surface area contributed by atoms with Crippen LogP contribution in [-0.4, -0.2) is 31.7 Å². The molecule has 2 amide bonds. The van der Waals surface area contributed by atoms with Crippen molar-refractivity contribution in [2.45, 2.75) is 13.3 Å². The van der Waals surface area contributed by atoms with Crippen LogP contribution in [0.2, 0.25) is 0 Å². The first-order chi connectivity index (χ1) is 8.72. The summed E-state index contributed by atoms with van der Waals surface area (Å²) in [6.45, 7) is 2.61. The summed E-state index contributed by atoms with van der Waals surface area (Å²) < 4.78 is 4.75. The van der Waals surface area contributed by atoms with Crippen molar-refractivity contribution in [3.8, 4) is 0 Å². The van der Waals surface area contributed by atoms with Gasteiger partial charge >= 0.3 is 12.0 Å². The standard InChI is InChI=1S/C13H16N2O3/c1-2-18-12(16)9-14-13(17)15-8-7-10-5-3-4-6-11(10)15/h3-6H,2,7-9H2,1H3,(H,14,17). The number of esters is 1. The molecule has 0 fully saturated rings. The highest BCUT2D eigenvalue weighted by molar-refractivity contribution is 5.95. The number of ether oxygens (including phenoxy) is 1. The average Bonchev–Trinajstić information content (AvgIpc) is 2.80. The van der Waals surface area contributed by atoms with Gasteiger partial charge in [0.15, 0.2) is 0 Å². The van der Waals surface area contributed by atoms with E-state index < -0.39 is 5.97 Å². The minimum atomic E-state index is -0.418. The molecule has 0 radical (unpaired) electrons. The van der Waals surface area contributed by atoms with E-state index in [-0.39, 0.29) is 12.6 Å². The van der Waals surface area contributed by atoms with E-state index >= 15 is 0 Å². The Labute approximate surface area is 106 Å². The molecule has 1 heterocycles. The van der Waals surface area contributed by atoms with Crippen LogP contribution in [0, 0.1) is 0 Å². The molecule has 0 bridgehead atoms. The van der Waals surface area contributed by atoms with E-state index in [0.717, 1.165) is 17.7 Å². The molecule has 5 nitrogen and oxygen atoms in total. The number of hydrogen-bond donors (Lipinski definition) is 1. The van der Waals surface area contributed by atoms with Gasteiger partial charge in [0.05, 0.1) is 6.61 Å². The van der Waals surface area contributed by atoms with Crippen LogP contribution in [0.25, 0.3) is 0 Å². The first-order valence-corrected chi connectivity index (χ1v) is 6.01. The molecular weight excluding hydrogens is 232 g/mol. The molecule has 0 spiro atoms. The molecule has 0 saturated carbocycles. The molecule has 18 heavy (non-hydrogen) atoms. The van der Waals surface area contributed by atoms with Gasteiger partial charge in [-0.05, 0) is 25.0 Å². The summed E-state index contributed by atoms with van der Waals surface area (Å²) in [4.78, 5) is 24.7. The monoisotopic (exact) mass is 248 g/mol. The van der Waals surface area contributed by atoms with Gasteiger partial charge in [-0.25, -0.2) is 4.79 Å². The quantitative estimate of drug-likeness (QED) is 0.821. The predicted molar refractivity (Wildman–Crippen MR) is 67.5 cm³/mol. The Hall–Kier alpha value is -2.04. The number of rotatable bonds is 3. The number of nitrogens with zero attached hydrogens (tertiary/aromatic N) is 1. The van der Waals surface area contributed by atoms with Gasteiger partial charge in [-0.2, -0.15) is 0 Å². The van der Waals surface area contributed by atoms with E-state index in [1.165, 1.54) is 0 Å². The van der Waals surface area contributed by atoms with Gasteiger partial charge in [0.25, 0.3) is 0 Å². The Kier molecular flexibility index (Phi) is 3.82. The van der Waals surface area contributed by atoms with Gasteiger partial charge < -0.3 is 10.1 Å². The highest BCUT2D eigenvalue weighted by Gasteiger charge is 2.24. The number of benzene rings is 1. The molecule has 1 aromatic rings. The Morgan fingerprint density at radius 1 is 1.39 bits per heavy atom. The molecule has 0 atom stereocenters. The summed E-state index contributed by atoms with van der Waals surface area (Å²) in [6.07, 6.45) is 0.850. The Morgan fingerprint density at radius 3 is 2.94 bits per heavy atom. The highest BCUT2D eigenvalue weighted by Crippen LogP contribution is 2.27. The van der Waals surface area contributed by atoms with E-state index in [1.807, 2.05) is 24.3 Å². The number of amides is 2. The summed E-state index contributed by atoms with van der Waals surface area (Å²) in [5.41, 5.74) is 2.07. The number of fused-ring (bicyclic) bond motifs is 1. The zero-order valence-corrected chi connectivity index (χ0v) is 10.3. The van der Waals surface area contributed by atoms with Gasteiger partial charge in [-0.3, -0.25) is 9.69 Å². The van der Waals surface area contributed by atoms with Crippen molar-refractivity contribution >= 4 is 17.7 Å². The molecule has 0 aromatic heterocycles. The van der Waals surface area contributed by atoms with Crippen LogP contribution in [0.1, 0.15) is 12.5 Å². The Morgan fingerprint density at radius 2 is 2.17 bits per heavy atom. The van der Waals surface area contributed by atoms with Gasteiger partial charge in [0.1, 0.15) is 6.54 Å². The van der Waals surface area contributed by atoms with Crippen molar-refractivity contribution in [2.24, 2.45) is 0 Å². The van der Waals surface area contributed by atoms with Crippen LogP contribution in [0.4, 0.5) is 10.5 Å². The maximum atomic E-state index is 11.9. The summed E-state index contributed by atoms with van der Waals surface area (Å²) in [6, 6.07) is 7.52. The van der Waals surface area contributed by atoms with Crippen molar-refractivity contribution in [3.05, 3.63) is 29.8 Å². The third kappa shape index (κ3) is 2.61. The fourth-order valence-corrected chi connectivity index (χ4v) is 2.00. The van der Waals surface area contributed by atoms with Crippen LogP contribution in [0.3, 0.4) is 0 Å². The van der Waals surface area contributed by atoms with Crippen LogP contribution in [-0.2, 0) is 16.0 Å². The lowest BCUT2D eigenvalue weighted by atomic mass is 10.2. The SMILES string of the molecule is CCOC(=O)CNC(=O)N1CCc2ccccc21. The first kappa shape index (κ1) is 12.4. The summed E-state index contributed by atoms with van der Waals surface area (Å²) in [5.74, 6) is -0.418. The van der Waals surface area contributed by atoms with E-state index in [1.54, 1.807) is 11.8 Å². The minimum absolute atomic E-state index is 0.0919. The molecule has 0 unspecified atom stereocenters. The lowest BCUT2D eigenvalue weighted by molar-refractivity contribution is -0.141. The number of carbonyl (C=O) groups excluding carboxylic acids is 2. The van der Waals surface area contributed by atoms with Crippen molar-refractivity contribution in [2.75, 3.05) is 24.6 Å². The molecule has 0 aliphatic carbocycles. The summed E-state index contributed by atoms with van der Waals surface area (Å²) in [7, 11) is 0. The molecule has 1 aromatic carbocycles. The molecular formula is C13H16N2O3. The van der Waals surface area contributed by atoms with Crippen molar-refractivity contribution in [3.63, 3.8) is 0 Å². The maximum absolute atomic E-state index is 11.9. The van der Waals surface area contributed by atoms with Crippen molar-refractivity contribution in [1.29, 1.82) is 0 Å². The van der Waals surface area contributed by atoms with Gasteiger partial charge in [0.2, 0.25) is 0 Å². The van der Waals surface area contributed by atoms with Crippen molar-refractivity contribution < 1.29 is 14.3 Å². The zero-order chi connectivity index (χ0) is 13.0. The van der Waals surface area contributed by atoms with Crippen molar-refractivity contribution in [1.82, 2.24) is 5.32 Å². The predicted octanol–water partition coefficient (Wildman–Crippen LogP) is 1.32. The number of para-hydroxylation sites is 1. The Bertz CT molecular complexity index is 459. The number of urea groups is 1. The van der Waals surface area contributed by atoms with Gasteiger partial charge in [0, 0.05) is 12.2 Å². The maximum Gasteiger partial charge on any atom is 0.325 e. The third-order valence-corrected chi connectivity index (χ3v) is 2.82. The van der Waals surface area contributed by atoms with Crippen LogP contribution < -0.4 is 10.2 Å². The number of nitrogens with one attached hydrogen (secondary N) is 1. The van der Waals surface area contributed by atoms with Gasteiger partial charge in [-0.15, -0.1) is 0 Å². The highest BCUT2D eigenvalue weighted by atomic mass is 16.5. The smallest absolute Gasteiger partial charge is 0.325 e. The zero-order valence-electron chi connectivity index (χ0n) is 10.3. The largest absolute Gasteiger partial charge is 0.465 e. The fraction of sp³-hybridized carbons (Fsp3) is 0.385. The molecule has 1 aliphatic rings. The normalized spacial score (nSPS) is 13.1. The molecule has 1 N–H and O–H groups in total. The number of hydrogen-bond acceptors (Lipinski definition) is 3. The minimum Gasteiger partial charge on any atom is -0.465 e. The lowest BCUT2D eigenvalue weighted by Gasteiger charge is -2.17. The van der Waals surface area contributed by atoms with E-state index in [0.29, 0.717) is 13.2 Å². The van der Waals surface area contributed by atoms with Crippen LogP contribution in [0.5, 0.6) is 0 Å². The van der Waals surface area contributed by atoms with Crippen LogP contribution >= 0.6 is 0 Å². The topological polar surface area (TPSA) is 58.6 Å². The second-order valence-corrected chi connectivity index (χ2v) is 3.99. The van der Waals surface area contributed by atoms with Crippen LogP contribution in [0.15, 0.2) is 24.3 Å². The molecule has 96 valence electrons. The fourth-order valence-electron chi connectivity index (χ4n) is 2.00.